The van der Waals surface area contributed by atoms with Gasteiger partial charge in [-0.25, -0.2) is 13.4 Å². The highest BCUT2D eigenvalue weighted by atomic mass is 32.2. The molecule has 1 aliphatic rings. The van der Waals surface area contributed by atoms with Crippen LogP contribution in [0.25, 0.3) is 10.8 Å². The molecule has 2 atom stereocenters. The van der Waals surface area contributed by atoms with Crippen molar-refractivity contribution in [3.05, 3.63) is 58.8 Å². The molecule has 14 heteroatoms. The Hall–Kier alpha value is -4.27. The summed E-state index contributed by atoms with van der Waals surface area (Å²) in [7, 11) is -2.88. The number of rotatable bonds is 11. The lowest BCUT2D eigenvalue weighted by Gasteiger charge is -2.31. The van der Waals surface area contributed by atoms with Crippen molar-refractivity contribution < 1.29 is 37.0 Å². The average Bonchev–Trinajstić information content (AvgIpc) is 3.01. The summed E-state index contributed by atoms with van der Waals surface area (Å²) in [6, 6.07) is 6.15. The summed E-state index contributed by atoms with van der Waals surface area (Å²) in [5.41, 5.74) is 7.30. The number of nitrogen functional groups attached to an aromatic ring is 1. The van der Waals surface area contributed by atoms with Crippen LogP contribution in [0.4, 0.5) is 5.82 Å². The topological polar surface area (TPSA) is 179 Å². The number of aromatic nitrogens is 1. The quantitative estimate of drug-likeness (QED) is 0.255. The number of methoxy groups -OCH3 is 1. The van der Waals surface area contributed by atoms with Gasteiger partial charge in [0.1, 0.15) is 29.3 Å². The molecule has 1 aromatic heterocycles. The largest absolute Gasteiger partial charge is 0.496 e. The summed E-state index contributed by atoms with van der Waals surface area (Å²) < 4.78 is 46.6. The lowest BCUT2D eigenvalue weighted by atomic mass is 10.0. The number of hydrogen-bond acceptors (Lipinski definition) is 10. The van der Waals surface area contributed by atoms with E-state index in [2.05, 4.69) is 15.0 Å². The number of fused-ring (bicyclic) bond motifs is 1. The van der Waals surface area contributed by atoms with Crippen molar-refractivity contribution >= 4 is 44.4 Å². The molecule has 0 aliphatic carbocycles. The third kappa shape index (κ3) is 8.79. The number of morpholine rings is 1. The first-order valence-electron chi connectivity index (χ1n) is 15.7. The molecule has 0 spiro atoms. The van der Waals surface area contributed by atoms with Crippen LogP contribution in [0.2, 0.25) is 0 Å². The zero-order valence-corrected chi connectivity index (χ0v) is 29.3. The fourth-order valence-electron chi connectivity index (χ4n) is 5.72. The predicted octanol–water partition coefficient (Wildman–Crippen LogP) is 2.72. The molecule has 2 aromatic carbocycles. The summed E-state index contributed by atoms with van der Waals surface area (Å²) in [6.45, 7) is 11.3. The number of nitrogens with zero attached hydrogens (tertiary/aromatic N) is 2. The van der Waals surface area contributed by atoms with Gasteiger partial charge in [-0.3, -0.25) is 14.4 Å². The van der Waals surface area contributed by atoms with Gasteiger partial charge in [-0.1, -0.05) is 18.2 Å². The van der Waals surface area contributed by atoms with Crippen molar-refractivity contribution in [1.82, 2.24) is 19.9 Å². The van der Waals surface area contributed by atoms with Crippen LogP contribution in [0.3, 0.4) is 0 Å². The third-order valence-electron chi connectivity index (χ3n) is 8.11. The van der Waals surface area contributed by atoms with Crippen LogP contribution in [0.15, 0.2) is 41.4 Å². The molecule has 0 saturated carbocycles. The van der Waals surface area contributed by atoms with Gasteiger partial charge < -0.3 is 30.2 Å². The highest BCUT2D eigenvalue weighted by molar-refractivity contribution is 7.89. The first-order chi connectivity index (χ1) is 22.5. The van der Waals surface area contributed by atoms with Crippen molar-refractivity contribution in [2.24, 2.45) is 0 Å². The molecule has 4 N–H and O–H groups in total. The number of sulfonamides is 1. The highest BCUT2D eigenvalue weighted by Gasteiger charge is 2.35. The second-order valence-electron chi connectivity index (χ2n) is 12.9. The fourth-order valence-corrected chi connectivity index (χ4v) is 7.44. The van der Waals surface area contributed by atoms with Gasteiger partial charge >= 0.3 is 5.97 Å². The second-order valence-corrected chi connectivity index (χ2v) is 14.5. The molecule has 13 nitrogen and oxygen atoms in total. The Balaban J connectivity index is 1.69. The lowest BCUT2D eigenvalue weighted by molar-refractivity contribution is -0.156. The zero-order valence-electron chi connectivity index (χ0n) is 28.5. The van der Waals surface area contributed by atoms with Crippen LogP contribution >= 0.6 is 0 Å². The van der Waals surface area contributed by atoms with E-state index in [0.29, 0.717) is 54.6 Å². The van der Waals surface area contributed by atoms with E-state index in [9.17, 15) is 22.8 Å². The smallest absolute Gasteiger partial charge is 0.308 e. The zero-order chi connectivity index (χ0) is 35.4. The van der Waals surface area contributed by atoms with Gasteiger partial charge in [-0.15, -0.1) is 0 Å². The number of amides is 2. The minimum atomic E-state index is -4.37. The molecule has 4 rings (SSSR count). The highest BCUT2D eigenvalue weighted by Crippen LogP contribution is 2.31. The van der Waals surface area contributed by atoms with Gasteiger partial charge in [0, 0.05) is 31.1 Å². The Morgan fingerprint density at radius 1 is 1.04 bits per heavy atom. The molecule has 3 aromatic rings. The number of ether oxygens (including phenoxy) is 3. The molecule has 0 radical (unpaired) electrons. The van der Waals surface area contributed by atoms with Crippen LogP contribution in [-0.4, -0.2) is 87.2 Å². The normalized spacial score (nSPS) is 15.1. The van der Waals surface area contributed by atoms with Gasteiger partial charge in [-0.05, 0) is 81.3 Å². The number of anilines is 1. The minimum absolute atomic E-state index is 0.0336. The molecule has 2 heterocycles. The molecule has 260 valence electrons. The Morgan fingerprint density at radius 3 is 2.38 bits per heavy atom. The van der Waals surface area contributed by atoms with Gasteiger partial charge in [0.15, 0.2) is 0 Å². The molecule has 1 unspecified atom stereocenters. The summed E-state index contributed by atoms with van der Waals surface area (Å²) in [5, 5.41) is 4.31. The maximum absolute atomic E-state index is 14.0. The number of pyridine rings is 1. The SMILES string of the molecule is COc1cc(C)c(S(=O)(=O)N[C@@H](CC(=O)OC(C)(C)C)C(=O)NC(Cc2ccc3c(N)nccc3c2)C(=O)N2CCOCC2)c(C)c1C. The predicted molar refractivity (Wildman–Crippen MR) is 181 cm³/mol. The monoisotopic (exact) mass is 683 g/mol. The number of carbonyl (C=O) groups is 3. The number of nitrogens with one attached hydrogen (secondary N) is 2. The van der Waals surface area contributed by atoms with Crippen molar-refractivity contribution in [3.8, 4) is 5.75 Å². The van der Waals surface area contributed by atoms with E-state index < -0.39 is 46.0 Å². The second kappa shape index (κ2) is 14.9. The molecule has 0 bridgehead atoms. The Kier molecular flexibility index (Phi) is 11.3. The van der Waals surface area contributed by atoms with Crippen LogP contribution < -0.4 is 20.5 Å². The molecule has 1 saturated heterocycles. The first-order valence-corrected chi connectivity index (χ1v) is 17.2. The maximum atomic E-state index is 14.0. The maximum Gasteiger partial charge on any atom is 0.308 e. The summed E-state index contributed by atoms with van der Waals surface area (Å²) in [4.78, 5) is 46.6. The lowest BCUT2D eigenvalue weighted by Crippen LogP contribution is -2.57. The molecular formula is C34H45N5O8S. The number of hydrogen-bond donors (Lipinski definition) is 3. The van der Waals surface area contributed by atoms with Gasteiger partial charge in [0.05, 0.1) is 31.6 Å². The van der Waals surface area contributed by atoms with Crippen molar-refractivity contribution in [3.63, 3.8) is 0 Å². The Labute approximate surface area is 281 Å². The molecule has 1 aliphatic heterocycles. The average molecular weight is 684 g/mol. The van der Waals surface area contributed by atoms with Crippen molar-refractivity contribution in [2.75, 3.05) is 39.1 Å². The Morgan fingerprint density at radius 2 is 1.73 bits per heavy atom. The van der Waals surface area contributed by atoms with E-state index in [0.717, 1.165) is 16.3 Å². The number of carbonyl (C=O) groups excluding carboxylic acids is 3. The van der Waals surface area contributed by atoms with E-state index in [-0.39, 0.29) is 17.2 Å². The van der Waals surface area contributed by atoms with Gasteiger partial charge in [0.2, 0.25) is 21.8 Å². The summed E-state index contributed by atoms with van der Waals surface area (Å²) in [6.07, 6.45) is 1.05. The van der Waals surface area contributed by atoms with E-state index >= 15 is 0 Å². The number of esters is 1. The van der Waals surface area contributed by atoms with E-state index in [1.54, 1.807) is 76.9 Å². The molecule has 2 amide bonds. The van der Waals surface area contributed by atoms with Gasteiger partial charge in [-0.2, -0.15) is 4.72 Å². The fraction of sp³-hybridized carbons (Fsp3) is 0.471. The molecule has 1 fully saturated rings. The molecular weight excluding hydrogens is 638 g/mol. The summed E-state index contributed by atoms with van der Waals surface area (Å²) >= 11 is 0. The standard InChI is InChI=1S/C34H45N5O8S/c1-20-16-28(45-7)21(2)22(3)30(20)48(43,44)38-26(19-29(40)47-34(4,5)6)32(41)37-27(33(42)39-12-14-46-15-13-39)18-23-8-9-25-24(17-23)10-11-36-31(25)35/h8-11,16-17,26-27,38H,12-15,18-19H2,1-7H3,(H2,35,36)(H,37,41)/t26-,27?/m0/s1. The van der Waals surface area contributed by atoms with E-state index in [4.69, 9.17) is 19.9 Å². The van der Waals surface area contributed by atoms with Crippen LogP contribution in [0.5, 0.6) is 5.75 Å². The van der Waals surface area contributed by atoms with Crippen molar-refractivity contribution in [1.29, 1.82) is 0 Å². The van der Waals surface area contributed by atoms with Gasteiger partial charge in [0.25, 0.3) is 0 Å². The first kappa shape index (κ1) is 36.6. The summed E-state index contributed by atoms with van der Waals surface area (Å²) in [5.74, 6) is -1.13. The number of nitrogens with two attached hydrogens (primary N) is 1. The minimum Gasteiger partial charge on any atom is -0.496 e. The Bertz CT molecular complexity index is 1800. The van der Waals surface area contributed by atoms with Crippen LogP contribution in [-0.2, 0) is 40.3 Å². The number of benzene rings is 2. The van der Waals surface area contributed by atoms with Crippen molar-refractivity contribution in [2.45, 2.75) is 77.0 Å². The molecule has 48 heavy (non-hydrogen) atoms. The third-order valence-corrected chi connectivity index (χ3v) is 9.87. The number of aryl methyl sites for hydroxylation is 1. The van der Waals surface area contributed by atoms with E-state index in [1.807, 2.05) is 6.07 Å². The van der Waals surface area contributed by atoms with Crippen LogP contribution in [0.1, 0.15) is 49.4 Å². The van der Waals surface area contributed by atoms with E-state index in [1.165, 1.54) is 7.11 Å². The van der Waals surface area contributed by atoms with Crippen LogP contribution in [0, 0.1) is 20.8 Å².